The number of anilines is 2. The molecular weight excluding hydrogens is 350 g/mol. The smallest absolute Gasteiger partial charge is 0.272 e. The minimum absolute atomic E-state index is 0.0397. The van der Waals surface area contributed by atoms with E-state index in [2.05, 4.69) is 27.1 Å². The summed E-state index contributed by atoms with van der Waals surface area (Å²) in [6.45, 7) is 10.3. The molecule has 1 aliphatic heterocycles. The highest BCUT2D eigenvalue weighted by Gasteiger charge is 2.23. The van der Waals surface area contributed by atoms with Crippen LogP contribution in [0.15, 0.2) is 24.3 Å². The van der Waals surface area contributed by atoms with Gasteiger partial charge in [0.15, 0.2) is 0 Å². The molecule has 1 amide bonds. The second-order valence-electron chi connectivity index (χ2n) is 6.53. The van der Waals surface area contributed by atoms with Crippen molar-refractivity contribution in [3.05, 3.63) is 46.2 Å². The second kappa shape index (κ2) is 8.01. The van der Waals surface area contributed by atoms with E-state index in [4.69, 9.17) is 11.6 Å². The van der Waals surface area contributed by atoms with Crippen molar-refractivity contribution in [1.29, 1.82) is 0 Å². The summed E-state index contributed by atoms with van der Waals surface area (Å²) in [7, 11) is 0. The summed E-state index contributed by atoms with van der Waals surface area (Å²) < 4.78 is 0. The Bertz CT molecular complexity index is 803. The Kier molecular flexibility index (Phi) is 5.74. The number of aromatic nitrogens is 2. The molecule has 138 valence electrons. The Morgan fingerprint density at radius 3 is 2.54 bits per heavy atom. The maximum Gasteiger partial charge on any atom is 0.272 e. The van der Waals surface area contributed by atoms with Gasteiger partial charge in [-0.2, -0.15) is 0 Å². The predicted octanol–water partition coefficient (Wildman–Crippen LogP) is 3.27. The van der Waals surface area contributed by atoms with Gasteiger partial charge in [-0.3, -0.25) is 4.79 Å². The molecule has 7 heteroatoms. The lowest BCUT2D eigenvalue weighted by Crippen LogP contribution is -2.48. The standard InChI is InChI=1S/C19H24ClN5O/c1-4-24-7-9-25(10-8-24)18(26)17-12-14(3)21-19(23-17)22-16-6-5-15(20)11-13(16)2/h5-6,11-12H,4,7-10H2,1-3H3,(H,21,22,23). The number of nitrogens with one attached hydrogen (secondary N) is 1. The normalized spacial score (nSPS) is 15.2. The van der Waals surface area contributed by atoms with E-state index in [1.165, 1.54) is 0 Å². The number of amides is 1. The number of carbonyl (C=O) groups excluding carboxylic acids is 1. The Hall–Kier alpha value is -2.18. The Labute approximate surface area is 159 Å². The van der Waals surface area contributed by atoms with Gasteiger partial charge in [0.05, 0.1) is 0 Å². The van der Waals surface area contributed by atoms with Gasteiger partial charge < -0.3 is 15.1 Å². The molecule has 0 unspecified atom stereocenters. The quantitative estimate of drug-likeness (QED) is 0.891. The molecule has 2 heterocycles. The number of aryl methyl sites for hydroxylation is 2. The van der Waals surface area contributed by atoms with Gasteiger partial charge in [0.25, 0.3) is 5.91 Å². The molecule has 2 aromatic rings. The van der Waals surface area contributed by atoms with Gasteiger partial charge in [-0.25, -0.2) is 9.97 Å². The number of hydrogen-bond donors (Lipinski definition) is 1. The summed E-state index contributed by atoms with van der Waals surface area (Å²) in [5.41, 5.74) is 3.04. The lowest BCUT2D eigenvalue weighted by atomic mass is 10.2. The van der Waals surface area contributed by atoms with Crippen molar-refractivity contribution in [3.63, 3.8) is 0 Å². The van der Waals surface area contributed by atoms with Gasteiger partial charge in [-0.05, 0) is 50.2 Å². The van der Waals surface area contributed by atoms with Gasteiger partial charge in [0, 0.05) is 42.6 Å². The van der Waals surface area contributed by atoms with E-state index >= 15 is 0 Å². The molecule has 1 aliphatic rings. The maximum absolute atomic E-state index is 12.8. The third-order valence-corrected chi connectivity index (χ3v) is 4.85. The number of rotatable bonds is 4. The van der Waals surface area contributed by atoms with Crippen molar-refractivity contribution in [3.8, 4) is 0 Å². The Balaban J connectivity index is 1.78. The van der Waals surface area contributed by atoms with Crippen LogP contribution in [-0.2, 0) is 0 Å². The third kappa shape index (κ3) is 4.31. The first-order valence-corrected chi connectivity index (χ1v) is 9.24. The number of likely N-dealkylation sites (N-methyl/N-ethyl adjacent to an activating group) is 1. The third-order valence-electron chi connectivity index (χ3n) is 4.61. The molecule has 3 rings (SSSR count). The number of hydrogen-bond acceptors (Lipinski definition) is 5. The highest BCUT2D eigenvalue weighted by molar-refractivity contribution is 6.30. The minimum atomic E-state index is -0.0397. The van der Waals surface area contributed by atoms with E-state index in [1.807, 2.05) is 36.9 Å². The van der Waals surface area contributed by atoms with Crippen LogP contribution in [-0.4, -0.2) is 58.4 Å². The average molecular weight is 374 g/mol. The van der Waals surface area contributed by atoms with E-state index in [0.717, 1.165) is 49.7 Å². The number of benzene rings is 1. The fourth-order valence-electron chi connectivity index (χ4n) is 3.05. The van der Waals surface area contributed by atoms with E-state index < -0.39 is 0 Å². The van der Waals surface area contributed by atoms with Crippen LogP contribution < -0.4 is 5.32 Å². The van der Waals surface area contributed by atoms with Crippen LogP contribution in [0.5, 0.6) is 0 Å². The molecule has 0 atom stereocenters. The van der Waals surface area contributed by atoms with Crippen LogP contribution in [0, 0.1) is 13.8 Å². The number of halogens is 1. The van der Waals surface area contributed by atoms with Crippen molar-refractivity contribution in [2.75, 3.05) is 38.0 Å². The van der Waals surface area contributed by atoms with E-state index in [9.17, 15) is 4.79 Å². The largest absolute Gasteiger partial charge is 0.335 e. The van der Waals surface area contributed by atoms with Gasteiger partial charge in [0.2, 0.25) is 5.95 Å². The van der Waals surface area contributed by atoms with Crippen LogP contribution in [0.3, 0.4) is 0 Å². The van der Waals surface area contributed by atoms with Gasteiger partial charge in [-0.1, -0.05) is 18.5 Å². The van der Waals surface area contributed by atoms with Crippen LogP contribution >= 0.6 is 11.6 Å². The lowest BCUT2D eigenvalue weighted by molar-refractivity contribution is 0.0637. The lowest BCUT2D eigenvalue weighted by Gasteiger charge is -2.33. The summed E-state index contributed by atoms with van der Waals surface area (Å²) in [6, 6.07) is 7.31. The first-order valence-electron chi connectivity index (χ1n) is 8.86. The molecule has 1 fully saturated rings. The molecule has 0 saturated carbocycles. The number of nitrogens with zero attached hydrogens (tertiary/aromatic N) is 4. The summed E-state index contributed by atoms with van der Waals surface area (Å²) in [4.78, 5) is 25.9. The van der Waals surface area contributed by atoms with Gasteiger partial charge >= 0.3 is 0 Å². The van der Waals surface area contributed by atoms with Crippen molar-refractivity contribution in [2.45, 2.75) is 20.8 Å². The fraction of sp³-hybridized carbons (Fsp3) is 0.421. The Morgan fingerprint density at radius 2 is 1.88 bits per heavy atom. The highest BCUT2D eigenvalue weighted by atomic mass is 35.5. The zero-order chi connectivity index (χ0) is 18.7. The molecule has 0 aliphatic carbocycles. The van der Waals surface area contributed by atoms with Crippen LogP contribution in [0.4, 0.5) is 11.6 Å². The summed E-state index contributed by atoms with van der Waals surface area (Å²) in [5.74, 6) is 0.382. The first kappa shape index (κ1) is 18.6. The monoisotopic (exact) mass is 373 g/mol. The van der Waals surface area contributed by atoms with Gasteiger partial charge in [-0.15, -0.1) is 0 Å². The fourth-order valence-corrected chi connectivity index (χ4v) is 3.28. The average Bonchev–Trinajstić information content (AvgIpc) is 2.63. The van der Waals surface area contributed by atoms with Crippen molar-refractivity contribution in [1.82, 2.24) is 19.8 Å². The molecule has 0 spiro atoms. The molecule has 6 nitrogen and oxygen atoms in total. The molecule has 1 aromatic carbocycles. The van der Waals surface area contributed by atoms with E-state index in [0.29, 0.717) is 16.7 Å². The summed E-state index contributed by atoms with van der Waals surface area (Å²) in [6.07, 6.45) is 0. The molecule has 0 radical (unpaired) electrons. The highest BCUT2D eigenvalue weighted by Crippen LogP contribution is 2.22. The van der Waals surface area contributed by atoms with Gasteiger partial charge in [0.1, 0.15) is 5.69 Å². The van der Waals surface area contributed by atoms with E-state index in [1.54, 1.807) is 6.07 Å². The van der Waals surface area contributed by atoms with E-state index in [-0.39, 0.29) is 5.91 Å². The molecule has 1 aromatic heterocycles. The number of piperazine rings is 1. The Morgan fingerprint density at radius 1 is 1.15 bits per heavy atom. The minimum Gasteiger partial charge on any atom is -0.335 e. The molecular formula is C19H24ClN5O. The first-order chi connectivity index (χ1) is 12.5. The topological polar surface area (TPSA) is 61.4 Å². The van der Waals surface area contributed by atoms with Crippen LogP contribution in [0.25, 0.3) is 0 Å². The molecule has 26 heavy (non-hydrogen) atoms. The zero-order valence-electron chi connectivity index (χ0n) is 15.4. The molecule has 0 bridgehead atoms. The maximum atomic E-state index is 12.8. The van der Waals surface area contributed by atoms with Crippen LogP contribution in [0.2, 0.25) is 5.02 Å². The SMILES string of the molecule is CCN1CCN(C(=O)c2cc(C)nc(Nc3ccc(Cl)cc3C)n2)CC1. The molecule has 1 saturated heterocycles. The zero-order valence-corrected chi connectivity index (χ0v) is 16.2. The molecule has 1 N–H and O–H groups in total. The van der Waals surface area contributed by atoms with Crippen LogP contribution in [0.1, 0.15) is 28.7 Å². The van der Waals surface area contributed by atoms with Crippen molar-refractivity contribution in [2.24, 2.45) is 0 Å². The number of carbonyl (C=O) groups is 1. The summed E-state index contributed by atoms with van der Waals surface area (Å²) in [5, 5.41) is 3.88. The van der Waals surface area contributed by atoms with Crippen molar-refractivity contribution < 1.29 is 4.79 Å². The van der Waals surface area contributed by atoms with Crippen molar-refractivity contribution >= 4 is 29.1 Å². The summed E-state index contributed by atoms with van der Waals surface area (Å²) >= 11 is 6.01. The second-order valence-corrected chi connectivity index (χ2v) is 6.97. The predicted molar refractivity (Wildman–Crippen MR) is 104 cm³/mol.